The number of esters is 2. The van der Waals surface area contributed by atoms with Crippen molar-refractivity contribution in [2.24, 2.45) is 4.99 Å². The van der Waals surface area contributed by atoms with Crippen LogP contribution in [-0.2, 0) is 19.1 Å². The van der Waals surface area contributed by atoms with Crippen LogP contribution in [0.15, 0.2) is 82.1 Å². The van der Waals surface area contributed by atoms with E-state index in [1.165, 1.54) is 18.8 Å². The van der Waals surface area contributed by atoms with Gasteiger partial charge in [0.2, 0.25) is 0 Å². The summed E-state index contributed by atoms with van der Waals surface area (Å²) >= 11 is 7.46. The second-order valence-electron chi connectivity index (χ2n) is 9.82. The minimum atomic E-state index is -0.925. The zero-order valence-corrected chi connectivity index (χ0v) is 27.1. The van der Waals surface area contributed by atoms with Crippen LogP contribution in [0.4, 0.5) is 0 Å². The molecule has 0 saturated heterocycles. The Kier molecular flexibility index (Phi) is 10.2. The molecule has 4 aromatic rings. The Labute approximate surface area is 273 Å². The summed E-state index contributed by atoms with van der Waals surface area (Å²) in [6.45, 7) is 3.44. The van der Waals surface area contributed by atoms with Gasteiger partial charge >= 0.3 is 11.9 Å². The summed E-state index contributed by atoms with van der Waals surface area (Å²) < 4.78 is 29.0. The maximum absolute atomic E-state index is 14.3. The van der Waals surface area contributed by atoms with Crippen LogP contribution in [0, 0.1) is 0 Å². The number of thiazole rings is 1. The summed E-state index contributed by atoms with van der Waals surface area (Å²) in [7, 11) is 3.04. The molecule has 5 rings (SSSR count). The van der Waals surface area contributed by atoms with Gasteiger partial charge < -0.3 is 23.7 Å². The first-order chi connectivity index (χ1) is 22.3. The molecular weight excluding hydrogens is 632 g/mol. The van der Waals surface area contributed by atoms with E-state index in [0.29, 0.717) is 54.0 Å². The number of aromatic nitrogens is 1. The second-order valence-corrected chi connectivity index (χ2v) is 11.3. The van der Waals surface area contributed by atoms with Crippen molar-refractivity contribution >= 4 is 46.6 Å². The van der Waals surface area contributed by atoms with Crippen molar-refractivity contribution in [3.8, 4) is 17.2 Å². The molecule has 0 saturated carbocycles. The number of benzene rings is 3. The average Bonchev–Trinajstić information content (AvgIpc) is 3.37. The Balaban J connectivity index is 1.77. The fourth-order valence-electron chi connectivity index (χ4n) is 5.02. The van der Waals surface area contributed by atoms with Gasteiger partial charge in [0.25, 0.3) is 5.56 Å². The van der Waals surface area contributed by atoms with Gasteiger partial charge in [-0.25, -0.2) is 14.6 Å². The molecule has 1 aliphatic heterocycles. The predicted octanol–water partition coefficient (Wildman–Crippen LogP) is 4.55. The lowest BCUT2D eigenvalue weighted by Gasteiger charge is -2.26. The topological polar surface area (TPSA) is 115 Å². The van der Waals surface area contributed by atoms with E-state index in [9.17, 15) is 14.4 Å². The van der Waals surface area contributed by atoms with E-state index in [0.717, 1.165) is 11.3 Å². The summed E-state index contributed by atoms with van der Waals surface area (Å²) in [5, 5.41) is 0.404. The molecule has 0 fully saturated rings. The van der Waals surface area contributed by atoms with Crippen molar-refractivity contribution in [1.82, 2.24) is 4.57 Å². The largest absolute Gasteiger partial charge is 0.493 e. The number of hydrogen-bond donors (Lipinski definition) is 0. The van der Waals surface area contributed by atoms with E-state index in [2.05, 4.69) is 0 Å². The number of fused-ring (bicyclic) bond motifs is 1. The number of hydrogen-bond acceptors (Lipinski definition) is 10. The molecule has 0 aliphatic carbocycles. The number of carbonyl (C=O) groups excluding carboxylic acids is 2. The minimum absolute atomic E-state index is 0.122. The maximum Gasteiger partial charge on any atom is 0.344 e. The summed E-state index contributed by atoms with van der Waals surface area (Å²) in [4.78, 5) is 45.2. The Morgan fingerprint density at radius 3 is 2.35 bits per heavy atom. The maximum atomic E-state index is 14.3. The standard InChI is InChI=1S/C34H31ClN2O8S/c1-5-43-28(38)19-45-24-15-13-23(35)16-22(24)18-27-32(39)37-31(21-12-14-25(41-3)26(17-21)42-4)29(33(40)44-6-2)30(36-34(37)46-27)20-10-8-7-9-11-20/h7-18,31H,5-6,19H2,1-4H3/b27-18-/t31-/m1/s1. The number of ether oxygens (including phenoxy) is 5. The molecule has 238 valence electrons. The molecule has 46 heavy (non-hydrogen) atoms. The summed E-state index contributed by atoms with van der Waals surface area (Å²) in [6, 6.07) is 18.4. The normalized spacial score (nSPS) is 14.3. The van der Waals surface area contributed by atoms with E-state index in [1.807, 2.05) is 30.3 Å². The Morgan fingerprint density at radius 2 is 1.65 bits per heavy atom. The highest BCUT2D eigenvalue weighted by Crippen LogP contribution is 2.38. The molecule has 0 N–H and O–H groups in total. The predicted molar refractivity (Wildman–Crippen MR) is 174 cm³/mol. The molecule has 12 heteroatoms. The first kappa shape index (κ1) is 32.5. The number of rotatable bonds is 11. The van der Waals surface area contributed by atoms with Crippen LogP contribution in [0.3, 0.4) is 0 Å². The molecule has 2 heterocycles. The van der Waals surface area contributed by atoms with Crippen molar-refractivity contribution in [1.29, 1.82) is 0 Å². The molecule has 10 nitrogen and oxygen atoms in total. The number of halogens is 1. The molecule has 1 aromatic heterocycles. The summed E-state index contributed by atoms with van der Waals surface area (Å²) in [5.41, 5.74) is 1.90. The van der Waals surface area contributed by atoms with Crippen LogP contribution < -0.4 is 29.1 Å². The third kappa shape index (κ3) is 6.70. The van der Waals surface area contributed by atoms with Crippen LogP contribution >= 0.6 is 22.9 Å². The van der Waals surface area contributed by atoms with Gasteiger partial charge in [0.15, 0.2) is 22.9 Å². The van der Waals surface area contributed by atoms with E-state index in [4.69, 9.17) is 40.3 Å². The number of methoxy groups -OCH3 is 2. The Morgan fingerprint density at radius 1 is 0.935 bits per heavy atom. The van der Waals surface area contributed by atoms with Crippen LogP contribution in [-0.4, -0.2) is 50.5 Å². The SMILES string of the molecule is CCOC(=O)COc1ccc(Cl)cc1/C=c1\sc2n(c1=O)[C@H](c1ccc(OC)c(OC)c1)C(C(=O)OCC)=C(c1ccccc1)N=2. The number of carbonyl (C=O) groups is 2. The monoisotopic (exact) mass is 662 g/mol. The van der Waals surface area contributed by atoms with Crippen LogP contribution in [0.1, 0.15) is 36.6 Å². The summed E-state index contributed by atoms with van der Waals surface area (Å²) in [5.74, 6) is 0.101. The summed E-state index contributed by atoms with van der Waals surface area (Å²) in [6.07, 6.45) is 1.62. The van der Waals surface area contributed by atoms with E-state index in [-0.39, 0.29) is 25.4 Å². The highest BCUT2D eigenvalue weighted by molar-refractivity contribution is 7.07. The fraction of sp³-hybridized carbons (Fsp3) is 0.235. The second kappa shape index (κ2) is 14.5. The van der Waals surface area contributed by atoms with Gasteiger partial charge in [-0.3, -0.25) is 9.36 Å². The van der Waals surface area contributed by atoms with Crippen molar-refractivity contribution < 1.29 is 33.3 Å². The Bertz CT molecular complexity index is 1980. The third-order valence-electron chi connectivity index (χ3n) is 7.01. The highest BCUT2D eigenvalue weighted by atomic mass is 35.5. The lowest BCUT2D eigenvalue weighted by atomic mass is 9.93. The molecular formula is C34H31ClN2O8S. The van der Waals surface area contributed by atoms with Crippen LogP contribution in [0.25, 0.3) is 11.8 Å². The van der Waals surface area contributed by atoms with Gasteiger partial charge in [0, 0.05) is 16.1 Å². The van der Waals surface area contributed by atoms with Crippen molar-refractivity contribution in [3.05, 3.63) is 114 Å². The first-order valence-corrected chi connectivity index (χ1v) is 15.6. The fourth-order valence-corrected chi connectivity index (χ4v) is 6.20. The lowest BCUT2D eigenvalue weighted by molar-refractivity contribution is -0.145. The van der Waals surface area contributed by atoms with Gasteiger partial charge in [0.05, 0.1) is 49.3 Å². The smallest absolute Gasteiger partial charge is 0.344 e. The zero-order valence-electron chi connectivity index (χ0n) is 25.6. The zero-order chi connectivity index (χ0) is 32.8. The highest BCUT2D eigenvalue weighted by Gasteiger charge is 2.35. The molecule has 0 radical (unpaired) electrons. The number of nitrogens with zero attached hydrogens (tertiary/aromatic N) is 2. The van der Waals surface area contributed by atoms with E-state index in [1.54, 1.807) is 56.3 Å². The minimum Gasteiger partial charge on any atom is -0.493 e. The van der Waals surface area contributed by atoms with E-state index >= 15 is 0 Å². The molecule has 3 aromatic carbocycles. The average molecular weight is 663 g/mol. The van der Waals surface area contributed by atoms with Crippen molar-refractivity contribution in [2.45, 2.75) is 19.9 Å². The molecule has 1 aliphatic rings. The Hall–Kier alpha value is -4.87. The van der Waals surface area contributed by atoms with Gasteiger partial charge in [-0.1, -0.05) is 59.3 Å². The molecule has 0 unspecified atom stereocenters. The first-order valence-electron chi connectivity index (χ1n) is 14.4. The molecule has 0 bridgehead atoms. The van der Waals surface area contributed by atoms with Crippen molar-refractivity contribution in [3.63, 3.8) is 0 Å². The molecule has 1 atom stereocenters. The molecule has 0 amide bonds. The van der Waals surface area contributed by atoms with Gasteiger partial charge in [-0.2, -0.15) is 0 Å². The van der Waals surface area contributed by atoms with Gasteiger partial charge in [0.1, 0.15) is 5.75 Å². The lowest BCUT2D eigenvalue weighted by Crippen LogP contribution is -2.40. The quantitative estimate of drug-likeness (QED) is 0.215. The van der Waals surface area contributed by atoms with Gasteiger partial charge in [-0.05, 0) is 55.8 Å². The molecule has 0 spiro atoms. The van der Waals surface area contributed by atoms with Gasteiger partial charge in [-0.15, -0.1) is 0 Å². The van der Waals surface area contributed by atoms with Crippen LogP contribution in [0.5, 0.6) is 17.2 Å². The van der Waals surface area contributed by atoms with Crippen LogP contribution in [0.2, 0.25) is 5.02 Å². The van der Waals surface area contributed by atoms with E-state index < -0.39 is 23.5 Å². The third-order valence-corrected chi connectivity index (χ3v) is 8.22. The van der Waals surface area contributed by atoms with Crippen molar-refractivity contribution in [2.75, 3.05) is 34.0 Å².